The van der Waals surface area contributed by atoms with Crippen LogP contribution in [0, 0.1) is 0 Å². The van der Waals surface area contributed by atoms with Crippen LogP contribution < -0.4 is 0 Å². The van der Waals surface area contributed by atoms with E-state index in [1.165, 1.54) is 0 Å². The predicted octanol–water partition coefficient (Wildman–Crippen LogP) is 2.59. The van der Waals surface area contributed by atoms with Gasteiger partial charge in [-0.2, -0.15) is 4.98 Å². The average molecular weight is 310 g/mol. The van der Waals surface area contributed by atoms with E-state index >= 15 is 0 Å². The molecule has 0 radical (unpaired) electrons. The van der Waals surface area contributed by atoms with Gasteiger partial charge in [0.25, 0.3) is 0 Å². The minimum Gasteiger partial charge on any atom is -0.467 e. The van der Waals surface area contributed by atoms with E-state index in [4.69, 9.17) is 8.94 Å². The van der Waals surface area contributed by atoms with Crippen molar-refractivity contribution in [3.8, 4) is 11.5 Å². The van der Waals surface area contributed by atoms with Crippen LogP contribution in [0.15, 0.2) is 51.7 Å². The van der Waals surface area contributed by atoms with Crippen LogP contribution >= 0.6 is 0 Å². The molecule has 0 bridgehead atoms. The van der Waals surface area contributed by atoms with Gasteiger partial charge in [-0.15, -0.1) is 0 Å². The molecule has 4 heterocycles. The summed E-state index contributed by atoms with van der Waals surface area (Å²) in [5, 5.41) is 3.98. The van der Waals surface area contributed by atoms with Gasteiger partial charge >= 0.3 is 0 Å². The number of amides is 1. The third-order valence-electron chi connectivity index (χ3n) is 3.86. The SMILES string of the molecule is O=C1CCC(c2nc(-c3ccccn3)no2)N1Cc1ccco1. The lowest BCUT2D eigenvalue weighted by atomic mass is 10.2. The fraction of sp³-hybridized carbons (Fsp3) is 0.250. The lowest BCUT2D eigenvalue weighted by Gasteiger charge is -2.20. The summed E-state index contributed by atoms with van der Waals surface area (Å²) in [6, 6.07) is 8.92. The second kappa shape index (κ2) is 5.68. The van der Waals surface area contributed by atoms with E-state index in [0.29, 0.717) is 36.8 Å². The van der Waals surface area contributed by atoms with Crippen LogP contribution in [-0.2, 0) is 11.3 Å². The zero-order valence-electron chi connectivity index (χ0n) is 12.3. The van der Waals surface area contributed by atoms with Crippen molar-refractivity contribution in [2.45, 2.75) is 25.4 Å². The van der Waals surface area contributed by atoms with E-state index in [1.807, 2.05) is 24.3 Å². The Morgan fingerprint density at radius 2 is 2.22 bits per heavy atom. The molecule has 4 rings (SSSR count). The molecular formula is C16H14N4O3. The number of carbonyl (C=O) groups excluding carboxylic acids is 1. The van der Waals surface area contributed by atoms with Crippen LogP contribution in [-0.4, -0.2) is 25.9 Å². The Bertz CT molecular complexity index is 798. The summed E-state index contributed by atoms with van der Waals surface area (Å²) in [6.07, 6.45) is 4.39. The Morgan fingerprint density at radius 3 is 3.00 bits per heavy atom. The number of hydrogen-bond donors (Lipinski definition) is 0. The summed E-state index contributed by atoms with van der Waals surface area (Å²) in [7, 11) is 0. The van der Waals surface area contributed by atoms with Crippen LogP contribution in [0.5, 0.6) is 0 Å². The first-order chi connectivity index (χ1) is 11.3. The van der Waals surface area contributed by atoms with Crippen LogP contribution in [0.4, 0.5) is 0 Å². The number of pyridine rings is 1. The highest BCUT2D eigenvalue weighted by Gasteiger charge is 2.36. The number of aromatic nitrogens is 3. The molecule has 0 aromatic carbocycles. The Balaban J connectivity index is 1.59. The Labute approximate surface area is 131 Å². The number of nitrogens with zero attached hydrogens (tertiary/aromatic N) is 4. The van der Waals surface area contributed by atoms with Crippen molar-refractivity contribution in [2.75, 3.05) is 0 Å². The van der Waals surface area contributed by atoms with E-state index in [1.54, 1.807) is 23.4 Å². The molecule has 3 aromatic rings. The molecule has 3 aromatic heterocycles. The topological polar surface area (TPSA) is 85.3 Å². The van der Waals surface area contributed by atoms with Crippen molar-refractivity contribution in [2.24, 2.45) is 0 Å². The third-order valence-corrected chi connectivity index (χ3v) is 3.86. The van der Waals surface area contributed by atoms with Crippen molar-refractivity contribution in [1.29, 1.82) is 0 Å². The Morgan fingerprint density at radius 1 is 1.26 bits per heavy atom. The van der Waals surface area contributed by atoms with Crippen LogP contribution in [0.1, 0.15) is 30.5 Å². The van der Waals surface area contributed by atoms with Crippen LogP contribution in [0.3, 0.4) is 0 Å². The molecule has 1 saturated heterocycles. The zero-order valence-corrected chi connectivity index (χ0v) is 12.3. The maximum atomic E-state index is 12.1. The van der Waals surface area contributed by atoms with Gasteiger partial charge in [-0.3, -0.25) is 9.78 Å². The smallest absolute Gasteiger partial charge is 0.249 e. The molecule has 1 aliphatic rings. The monoisotopic (exact) mass is 310 g/mol. The highest BCUT2D eigenvalue weighted by Crippen LogP contribution is 2.33. The van der Waals surface area contributed by atoms with E-state index < -0.39 is 0 Å². The fourth-order valence-electron chi connectivity index (χ4n) is 2.73. The summed E-state index contributed by atoms with van der Waals surface area (Å²) in [6.45, 7) is 0.401. The molecular weight excluding hydrogens is 296 g/mol. The largest absolute Gasteiger partial charge is 0.467 e. The molecule has 0 aliphatic carbocycles. The van der Waals surface area contributed by atoms with Gasteiger partial charge in [0.1, 0.15) is 17.5 Å². The summed E-state index contributed by atoms with van der Waals surface area (Å²) in [4.78, 5) is 22.5. The molecule has 7 heteroatoms. The average Bonchev–Trinajstić information content (AvgIpc) is 3.31. The molecule has 23 heavy (non-hydrogen) atoms. The normalized spacial score (nSPS) is 17.8. The summed E-state index contributed by atoms with van der Waals surface area (Å²) in [5.41, 5.74) is 0.643. The maximum Gasteiger partial charge on any atom is 0.249 e. The van der Waals surface area contributed by atoms with Gasteiger partial charge < -0.3 is 13.8 Å². The molecule has 7 nitrogen and oxygen atoms in total. The number of hydrogen-bond acceptors (Lipinski definition) is 6. The molecule has 0 N–H and O–H groups in total. The first-order valence-corrected chi connectivity index (χ1v) is 7.38. The van der Waals surface area contributed by atoms with Gasteiger partial charge in [-0.25, -0.2) is 0 Å². The number of carbonyl (C=O) groups is 1. The van der Waals surface area contributed by atoms with Crippen molar-refractivity contribution < 1.29 is 13.7 Å². The highest BCUT2D eigenvalue weighted by atomic mass is 16.5. The number of likely N-dealkylation sites (tertiary alicyclic amines) is 1. The first-order valence-electron chi connectivity index (χ1n) is 7.38. The molecule has 0 spiro atoms. The minimum absolute atomic E-state index is 0.0592. The molecule has 0 saturated carbocycles. The second-order valence-electron chi connectivity index (χ2n) is 5.33. The van der Waals surface area contributed by atoms with E-state index in [9.17, 15) is 4.79 Å². The molecule has 1 amide bonds. The van der Waals surface area contributed by atoms with Gasteiger partial charge in [0.2, 0.25) is 17.6 Å². The fourth-order valence-corrected chi connectivity index (χ4v) is 2.73. The quantitative estimate of drug-likeness (QED) is 0.736. The van der Waals surface area contributed by atoms with Crippen molar-refractivity contribution in [1.82, 2.24) is 20.0 Å². The van der Waals surface area contributed by atoms with E-state index in [2.05, 4.69) is 15.1 Å². The van der Waals surface area contributed by atoms with Gasteiger partial charge in [-0.1, -0.05) is 11.2 Å². The van der Waals surface area contributed by atoms with Gasteiger partial charge in [0.05, 0.1) is 12.8 Å². The summed E-state index contributed by atoms with van der Waals surface area (Å²) >= 11 is 0. The molecule has 1 atom stereocenters. The highest BCUT2D eigenvalue weighted by molar-refractivity contribution is 5.78. The van der Waals surface area contributed by atoms with Crippen molar-refractivity contribution in [3.63, 3.8) is 0 Å². The minimum atomic E-state index is -0.224. The lowest BCUT2D eigenvalue weighted by Crippen LogP contribution is -2.27. The maximum absolute atomic E-state index is 12.1. The molecule has 1 unspecified atom stereocenters. The lowest BCUT2D eigenvalue weighted by molar-refractivity contribution is -0.130. The molecule has 1 fully saturated rings. The van der Waals surface area contributed by atoms with Crippen LogP contribution in [0.2, 0.25) is 0 Å². The van der Waals surface area contributed by atoms with E-state index in [-0.39, 0.29) is 11.9 Å². The summed E-state index contributed by atoms with van der Waals surface area (Å²) in [5.74, 6) is 1.65. The third kappa shape index (κ3) is 2.61. The van der Waals surface area contributed by atoms with Gasteiger partial charge in [0, 0.05) is 12.6 Å². The van der Waals surface area contributed by atoms with E-state index in [0.717, 1.165) is 5.76 Å². The molecule has 116 valence electrons. The van der Waals surface area contributed by atoms with Crippen LogP contribution in [0.25, 0.3) is 11.5 Å². The number of furan rings is 1. The first kappa shape index (κ1) is 13.7. The van der Waals surface area contributed by atoms with Gasteiger partial charge in [0.15, 0.2) is 0 Å². The van der Waals surface area contributed by atoms with Crippen molar-refractivity contribution >= 4 is 5.91 Å². The standard InChI is InChI=1S/C16H14N4O3/c21-14-7-6-13(20(14)10-11-4-3-9-22-11)16-18-15(19-23-16)12-5-1-2-8-17-12/h1-5,8-9,13H,6-7,10H2. The Hall–Kier alpha value is -2.96. The summed E-state index contributed by atoms with van der Waals surface area (Å²) < 4.78 is 10.7. The number of rotatable bonds is 4. The molecule has 1 aliphatic heterocycles. The predicted molar refractivity (Wildman–Crippen MR) is 78.8 cm³/mol. The van der Waals surface area contributed by atoms with Gasteiger partial charge in [-0.05, 0) is 30.7 Å². The van der Waals surface area contributed by atoms with Crippen molar-refractivity contribution in [3.05, 3.63) is 54.4 Å². The zero-order chi connectivity index (χ0) is 15.6. The second-order valence-corrected chi connectivity index (χ2v) is 5.33. The Kier molecular flexibility index (Phi) is 3.38.